The zero-order valence-corrected chi connectivity index (χ0v) is 8.69. The van der Waals surface area contributed by atoms with Crippen LogP contribution in [0.2, 0.25) is 0 Å². The second kappa shape index (κ2) is 4.49. The van der Waals surface area contributed by atoms with Gasteiger partial charge in [0, 0.05) is 18.0 Å². The number of rotatable bonds is 2. The summed E-state index contributed by atoms with van der Waals surface area (Å²) in [6.07, 6.45) is 5.63. The lowest BCUT2D eigenvalue weighted by atomic mass is 9.92. The van der Waals surface area contributed by atoms with Crippen molar-refractivity contribution in [1.29, 1.82) is 0 Å². The lowest BCUT2D eigenvalue weighted by Crippen LogP contribution is -2.36. The first-order valence-electron chi connectivity index (χ1n) is 5.42. The monoisotopic (exact) mass is 207 g/mol. The van der Waals surface area contributed by atoms with Crippen molar-refractivity contribution in [1.82, 2.24) is 4.98 Å². The molecule has 0 radical (unpaired) electrons. The van der Waals surface area contributed by atoms with Crippen LogP contribution in [0.1, 0.15) is 25.7 Å². The highest BCUT2D eigenvalue weighted by Crippen LogP contribution is 2.22. The summed E-state index contributed by atoms with van der Waals surface area (Å²) >= 11 is 0. The molecule has 0 amide bonds. The summed E-state index contributed by atoms with van der Waals surface area (Å²) in [5, 5.41) is 13.1. The molecule has 4 nitrogen and oxygen atoms in total. The Morgan fingerprint density at radius 1 is 1.40 bits per heavy atom. The standard InChI is InChI=1S/C11H17N3O/c12-11-7-8(5-6-13-11)14-9-3-1-2-4-10(9)15/h5-7,9-10,15H,1-4H2,(H3,12,13,14). The molecule has 4 heteroatoms. The van der Waals surface area contributed by atoms with Crippen LogP contribution in [0.3, 0.4) is 0 Å². The minimum Gasteiger partial charge on any atom is -0.391 e. The Morgan fingerprint density at radius 3 is 2.93 bits per heavy atom. The second-order valence-electron chi connectivity index (χ2n) is 4.07. The molecule has 15 heavy (non-hydrogen) atoms. The highest BCUT2D eigenvalue weighted by molar-refractivity contribution is 5.50. The van der Waals surface area contributed by atoms with Crippen molar-refractivity contribution in [2.45, 2.75) is 37.8 Å². The van der Waals surface area contributed by atoms with Crippen LogP contribution in [-0.2, 0) is 0 Å². The van der Waals surface area contributed by atoms with E-state index >= 15 is 0 Å². The first-order valence-corrected chi connectivity index (χ1v) is 5.42. The lowest BCUT2D eigenvalue weighted by Gasteiger charge is -2.29. The van der Waals surface area contributed by atoms with E-state index in [1.165, 1.54) is 6.42 Å². The van der Waals surface area contributed by atoms with Gasteiger partial charge >= 0.3 is 0 Å². The van der Waals surface area contributed by atoms with Crippen LogP contribution in [-0.4, -0.2) is 22.2 Å². The third-order valence-corrected chi connectivity index (χ3v) is 2.86. The van der Waals surface area contributed by atoms with Gasteiger partial charge in [-0.05, 0) is 18.9 Å². The Bertz CT molecular complexity index is 329. The maximum Gasteiger partial charge on any atom is 0.125 e. The van der Waals surface area contributed by atoms with Crippen LogP contribution < -0.4 is 11.1 Å². The molecule has 82 valence electrons. The maximum atomic E-state index is 9.79. The summed E-state index contributed by atoms with van der Waals surface area (Å²) in [7, 11) is 0. The quantitative estimate of drug-likeness (QED) is 0.685. The number of hydrogen-bond acceptors (Lipinski definition) is 4. The van der Waals surface area contributed by atoms with Crippen LogP contribution in [0, 0.1) is 0 Å². The third kappa shape index (κ3) is 2.59. The van der Waals surface area contributed by atoms with Crippen LogP contribution in [0.25, 0.3) is 0 Å². The molecule has 2 rings (SSSR count). The number of hydrogen-bond donors (Lipinski definition) is 3. The van der Waals surface area contributed by atoms with Gasteiger partial charge in [-0.25, -0.2) is 4.98 Å². The summed E-state index contributed by atoms with van der Waals surface area (Å²) < 4.78 is 0. The molecule has 4 N–H and O–H groups in total. The molecule has 2 atom stereocenters. The van der Waals surface area contributed by atoms with Gasteiger partial charge in [-0.3, -0.25) is 0 Å². The van der Waals surface area contributed by atoms with Crippen molar-refractivity contribution in [3.8, 4) is 0 Å². The molecule has 2 unspecified atom stereocenters. The van der Waals surface area contributed by atoms with Gasteiger partial charge in [-0.2, -0.15) is 0 Å². The Balaban J connectivity index is 2.01. The van der Waals surface area contributed by atoms with E-state index in [2.05, 4.69) is 10.3 Å². The van der Waals surface area contributed by atoms with E-state index < -0.39 is 0 Å². The summed E-state index contributed by atoms with van der Waals surface area (Å²) in [5.41, 5.74) is 6.52. The molecule has 0 saturated heterocycles. The molecule has 0 spiro atoms. The summed E-state index contributed by atoms with van der Waals surface area (Å²) in [4.78, 5) is 3.93. The predicted octanol–water partition coefficient (Wildman–Crippen LogP) is 1.38. The summed E-state index contributed by atoms with van der Waals surface area (Å²) in [6.45, 7) is 0. The van der Waals surface area contributed by atoms with E-state index in [9.17, 15) is 5.11 Å². The number of nitrogens with two attached hydrogens (primary N) is 1. The SMILES string of the molecule is Nc1cc(NC2CCCCC2O)ccn1. The number of anilines is 2. The van der Waals surface area contributed by atoms with Crippen LogP contribution in [0.4, 0.5) is 11.5 Å². The highest BCUT2D eigenvalue weighted by Gasteiger charge is 2.22. The van der Waals surface area contributed by atoms with E-state index in [1.807, 2.05) is 6.07 Å². The second-order valence-corrected chi connectivity index (χ2v) is 4.07. The number of pyridine rings is 1. The normalized spacial score (nSPS) is 26.2. The maximum absolute atomic E-state index is 9.79. The Kier molecular flexibility index (Phi) is 3.06. The molecule has 0 aromatic carbocycles. The summed E-state index contributed by atoms with van der Waals surface area (Å²) in [6, 6.07) is 3.82. The first kappa shape index (κ1) is 10.2. The minimum atomic E-state index is -0.242. The van der Waals surface area contributed by atoms with E-state index in [1.54, 1.807) is 12.3 Å². The Hall–Kier alpha value is -1.29. The zero-order valence-electron chi connectivity index (χ0n) is 8.69. The molecular formula is C11H17N3O. The van der Waals surface area contributed by atoms with Crippen LogP contribution in [0.15, 0.2) is 18.3 Å². The molecule has 0 bridgehead atoms. The molecule has 1 aromatic rings. The van der Waals surface area contributed by atoms with Gasteiger partial charge in [0.2, 0.25) is 0 Å². The van der Waals surface area contributed by atoms with Gasteiger partial charge in [0.05, 0.1) is 12.1 Å². The van der Waals surface area contributed by atoms with Gasteiger partial charge in [0.25, 0.3) is 0 Å². The zero-order chi connectivity index (χ0) is 10.7. The summed E-state index contributed by atoms with van der Waals surface area (Å²) in [5.74, 6) is 0.505. The third-order valence-electron chi connectivity index (χ3n) is 2.86. The number of nitrogen functional groups attached to an aromatic ring is 1. The number of nitrogens with zero attached hydrogens (tertiary/aromatic N) is 1. The van der Waals surface area contributed by atoms with E-state index in [4.69, 9.17) is 5.73 Å². The molecule has 1 aliphatic rings. The molecule has 0 aliphatic heterocycles. The smallest absolute Gasteiger partial charge is 0.125 e. The fourth-order valence-electron chi connectivity index (χ4n) is 2.03. The number of aromatic nitrogens is 1. The van der Waals surface area contributed by atoms with Crippen molar-refractivity contribution in [3.05, 3.63) is 18.3 Å². The van der Waals surface area contributed by atoms with Crippen molar-refractivity contribution in [2.24, 2.45) is 0 Å². The molecule has 1 fully saturated rings. The van der Waals surface area contributed by atoms with Crippen LogP contribution >= 0.6 is 0 Å². The molecule has 1 aromatic heterocycles. The van der Waals surface area contributed by atoms with Gasteiger partial charge < -0.3 is 16.2 Å². The molecule has 1 aliphatic carbocycles. The fourth-order valence-corrected chi connectivity index (χ4v) is 2.03. The molecule has 1 saturated carbocycles. The van der Waals surface area contributed by atoms with E-state index in [0.29, 0.717) is 5.82 Å². The van der Waals surface area contributed by atoms with E-state index in [0.717, 1.165) is 24.9 Å². The fraction of sp³-hybridized carbons (Fsp3) is 0.545. The van der Waals surface area contributed by atoms with Crippen LogP contribution in [0.5, 0.6) is 0 Å². The van der Waals surface area contributed by atoms with Gasteiger partial charge in [-0.1, -0.05) is 12.8 Å². The van der Waals surface area contributed by atoms with Crippen molar-refractivity contribution >= 4 is 11.5 Å². The van der Waals surface area contributed by atoms with Gasteiger partial charge in [0.1, 0.15) is 5.82 Å². The van der Waals surface area contributed by atoms with Gasteiger partial charge in [0.15, 0.2) is 0 Å². The largest absolute Gasteiger partial charge is 0.391 e. The lowest BCUT2D eigenvalue weighted by molar-refractivity contribution is 0.116. The average Bonchev–Trinajstić information content (AvgIpc) is 2.22. The minimum absolute atomic E-state index is 0.153. The topological polar surface area (TPSA) is 71.2 Å². The Labute approximate surface area is 89.5 Å². The number of nitrogens with one attached hydrogen (secondary N) is 1. The van der Waals surface area contributed by atoms with Crippen molar-refractivity contribution in [3.63, 3.8) is 0 Å². The number of aliphatic hydroxyl groups excluding tert-OH is 1. The molecular weight excluding hydrogens is 190 g/mol. The van der Waals surface area contributed by atoms with Gasteiger partial charge in [-0.15, -0.1) is 0 Å². The average molecular weight is 207 g/mol. The molecule has 1 heterocycles. The predicted molar refractivity (Wildman–Crippen MR) is 60.5 cm³/mol. The van der Waals surface area contributed by atoms with Crippen molar-refractivity contribution in [2.75, 3.05) is 11.1 Å². The van der Waals surface area contributed by atoms with Crippen molar-refractivity contribution < 1.29 is 5.11 Å². The first-order chi connectivity index (χ1) is 7.25. The van der Waals surface area contributed by atoms with E-state index in [-0.39, 0.29) is 12.1 Å². The highest BCUT2D eigenvalue weighted by atomic mass is 16.3. The Morgan fingerprint density at radius 2 is 2.20 bits per heavy atom. The number of aliphatic hydroxyl groups is 1.